The zero-order valence-corrected chi connectivity index (χ0v) is 9.78. The molecule has 0 unspecified atom stereocenters. The van der Waals surface area contributed by atoms with Gasteiger partial charge in [0, 0.05) is 11.5 Å². The molecule has 0 fully saturated rings. The number of aliphatic hydroxyl groups excluding tert-OH is 1. The minimum Gasteiger partial charge on any atom is -0.496 e. The SMILES string of the molecule is COc1cc2c(cc1C)C(=O)[C@@H](C)C[C@@H]2O. The highest BCUT2D eigenvalue weighted by Crippen LogP contribution is 2.36. The Kier molecular flexibility index (Phi) is 2.72. The maximum Gasteiger partial charge on any atom is 0.166 e. The van der Waals surface area contributed by atoms with E-state index in [2.05, 4.69) is 0 Å². The second-order valence-electron chi connectivity index (χ2n) is 4.43. The number of carbonyl (C=O) groups excluding carboxylic acids is 1. The first-order valence-corrected chi connectivity index (χ1v) is 5.45. The number of hydrogen-bond acceptors (Lipinski definition) is 3. The van der Waals surface area contributed by atoms with Crippen molar-refractivity contribution in [3.63, 3.8) is 0 Å². The quantitative estimate of drug-likeness (QED) is 0.789. The van der Waals surface area contributed by atoms with Crippen molar-refractivity contribution in [2.45, 2.75) is 26.4 Å². The lowest BCUT2D eigenvalue weighted by molar-refractivity contribution is 0.0795. The fourth-order valence-corrected chi connectivity index (χ4v) is 2.25. The molecule has 1 aliphatic rings. The number of Topliss-reactive ketones (excluding diaryl/α,β-unsaturated/α-hetero) is 1. The normalized spacial score (nSPS) is 24.1. The molecular weight excluding hydrogens is 204 g/mol. The zero-order valence-electron chi connectivity index (χ0n) is 9.78. The molecule has 2 rings (SSSR count). The highest BCUT2D eigenvalue weighted by Gasteiger charge is 2.30. The summed E-state index contributed by atoms with van der Waals surface area (Å²) in [6.45, 7) is 3.76. The van der Waals surface area contributed by atoms with Gasteiger partial charge in [-0.1, -0.05) is 6.92 Å². The van der Waals surface area contributed by atoms with Crippen molar-refractivity contribution >= 4 is 5.78 Å². The second kappa shape index (κ2) is 3.91. The third-order valence-electron chi connectivity index (χ3n) is 3.22. The van der Waals surface area contributed by atoms with E-state index in [1.807, 2.05) is 19.9 Å². The average Bonchev–Trinajstić information content (AvgIpc) is 2.25. The largest absolute Gasteiger partial charge is 0.496 e. The first-order chi connectivity index (χ1) is 7.54. The first-order valence-electron chi connectivity index (χ1n) is 5.45. The van der Waals surface area contributed by atoms with Crippen molar-refractivity contribution in [2.75, 3.05) is 7.11 Å². The van der Waals surface area contributed by atoms with Crippen LogP contribution in [0.25, 0.3) is 0 Å². The van der Waals surface area contributed by atoms with E-state index in [0.29, 0.717) is 17.5 Å². The van der Waals surface area contributed by atoms with Crippen LogP contribution in [0.2, 0.25) is 0 Å². The van der Waals surface area contributed by atoms with E-state index < -0.39 is 6.10 Å². The van der Waals surface area contributed by atoms with Crippen LogP contribution in [-0.4, -0.2) is 18.0 Å². The minimum absolute atomic E-state index is 0.102. The molecular formula is C13H16O3. The predicted molar refractivity (Wildman–Crippen MR) is 60.8 cm³/mol. The van der Waals surface area contributed by atoms with Crippen LogP contribution in [0.3, 0.4) is 0 Å². The van der Waals surface area contributed by atoms with Crippen LogP contribution in [-0.2, 0) is 0 Å². The Morgan fingerprint density at radius 1 is 1.44 bits per heavy atom. The third kappa shape index (κ3) is 1.61. The Hall–Kier alpha value is -1.35. The number of rotatable bonds is 1. The van der Waals surface area contributed by atoms with E-state index in [4.69, 9.17) is 4.74 Å². The number of benzene rings is 1. The molecule has 0 amide bonds. The van der Waals surface area contributed by atoms with Gasteiger partial charge in [-0.05, 0) is 36.6 Å². The highest BCUT2D eigenvalue weighted by atomic mass is 16.5. The molecule has 0 saturated carbocycles. The molecule has 0 aromatic heterocycles. The molecule has 0 bridgehead atoms. The lowest BCUT2D eigenvalue weighted by Gasteiger charge is -2.26. The van der Waals surface area contributed by atoms with Crippen LogP contribution in [0.1, 0.15) is 40.9 Å². The van der Waals surface area contributed by atoms with Crippen LogP contribution >= 0.6 is 0 Å². The Morgan fingerprint density at radius 2 is 2.12 bits per heavy atom. The molecule has 0 saturated heterocycles. The van der Waals surface area contributed by atoms with Gasteiger partial charge in [0.25, 0.3) is 0 Å². The summed E-state index contributed by atoms with van der Waals surface area (Å²) >= 11 is 0. The number of carbonyl (C=O) groups is 1. The van der Waals surface area contributed by atoms with Crippen molar-refractivity contribution in [1.29, 1.82) is 0 Å². The molecule has 1 N–H and O–H groups in total. The summed E-state index contributed by atoms with van der Waals surface area (Å²) in [5, 5.41) is 9.95. The van der Waals surface area contributed by atoms with Gasteiger partial charge in [-0.3, -0.25) is 4.79 Å². The number of aliphatic hydroxyl groups is 1. The van der Waals surface area contributed by atoms with Crippen molar-refractivity contribution < 1.29 is 14.6 Å². The summed E-state index contributed by atoms with van der Waals surface area (Å²) in [6.07, 6.45) is -0.0601. The Bertz CT molecular complexity index is 437. The van der Waals surface area contributed by atoms with Gasteiger partial charge in [-0.15, -0.1) is 0 Å². The predicted octanol–water partition coefficient (Wildman–Crippen LogP) is 2.26. The molecule has 3 heteroatoms. The summed E-state index contributed by atoms with van der Waals surface area (Å²) in [6, 6.07) is 3.59. The van der Waals surface area contributed by atoms with E-state index >= 15 is 0 Å². The molecule has 16 heavy (non-hydrogen) atoms. The fourth-order valence-electron chi connectivity index (χ4n) is 2.25. The molecule has 1 aromatic rings. The summed E-state index contributed by atoms with van der Waals surface area (Å²) in [5.41, 5.74) is 2.27. The van der Waals surface area contributed by atoms with E-state index in [1.54, 1.807) is 13.2 Å². The topological polar surface area (TPSA) is 46.5 Å². The van der Waals surface area contributed by atoms with Crippen molar-refractivity contribution in [3.05, 3.63) is 28.8 Å². The number of fused-ring (bicyclic) bond motifs is 1. The summed E-state index contributed by atoms with van der Waals surface area (Å²) in [5.74, 6) is 0.738. The van der Waals surface area contributed by atoms with Crippen molar-refractivity contribution in [2.24, 2.45) is 5.92 Å². The highest BCUT2D eigenvalue weighted by molar-refractivity contribution is 6.00. The number of methoxy groups -OCH3 is 1. The molecule has 0 spiro atoms. The van der Waals surface area contributed by atoms with E-state index in [-0.39, 0.29) is 11.7 Å². The molecule has 1 aliphatic carbocycles. The van der Waals surface area contributed by atoms with Gasteiger partial charge < -0.3 is 9.84 Å². The van der Waals surface area contributed by atoms with Crippen LogP contribution in [0, 0.1) is 12.8 Å². The Labute approximate surface area is 95.0 Å². The lowest BCUT2D eigenvalue weighted by Crippen LogP contribution is -2.23. The van der Waals surface area contributed by atoms with E-state index in [9.17, 15) is 9.90 Å². The van der Waals surface area contributed by atoms with Gasteiger partial charge in [0.1, 0.15) is 5.75 Å². The van der Waals surface area contributed by atoms with Gasteiger partial charge >= 0.3 is 0 Å². The summed E-state index contributed by atoms with van der Waals surface area (Å²) < 4.78 is 5.20. The van der Waals surface area contributed by atoms with Crippen LogP contribution < -0.4 is 4.74 Å². The standard InChI is InChI=1S/C13H16O3/c1-7-4-10-9(6-12(7)16-3)11(14)5-8(2)13(10)15/h4,6,8,11,14H,5H2,1-3H3/t8-,11-/m0/s1. The average molecular weight is 220 g/mol. The Morgan fingerprint density at radius 3 is 2.75 bits per heavy atom. The fraction of sp³-hybridized carbons (Fsp3) is 0.462. The molecule has 0 radical (unpaired) electrons. The third-order valence-corrected chi connectivity index (χ3v) is 3.22. The van der Waals surface area contributed by atoms with E-state index in [1.165, 1.54) is 0 Å². The van der Waals surface area contributed by atoms with Gasteiger partial charge in [0.05, 0.1) is 13.2 Å². The van der Waals surface area contributed by atoms with Crippen LogP contribution in [0.15, 0.2) is 12.1 Å². The number of hydrogen-bond donors (Lipinski definition) is 1. The molecule has 3 nitrogen and oxygen atoms in total. The molecule has 0 aliphatic heterocycles. The molecule has 0 heterocycles. The van der Waals surface area contributed by atoms with Crippen molar-refractivity contribution in [1.82, 2.24) is 0 Å². The first kappa shape index (κ1) is 11.1. The minimum atomic E-state index is -0.558. The van der Waals surface area contributed by atoms with E-state index in [0.717, 1.165) is 11.3 Å². The number of ether oxygens (including phenoxy) is 1. The number of aryl methyl sites for hydroxylation is 1. The van der Waals surface area contributed by atoms with Crippen LogP contribution in [0.5, 0.6) is 5.75 Å². The second-order valence-corrected chi connectivity index (χ2v) is 4.43. The molecule has 86 valence electrons. The molecule has 2 atom stereocenters. The smallest absolute Gasteiger partial charge is 0.166 e. The van der Waals surface area contributed by atoms with Gasteiger partial charge in [-0.25, -0.2) is 0 Å². The zero-order chi connectivity index (χ0) is 11.9. The van der Waals surface area contributed by atoms with Gasteiger partial charge in [0.2, 0.25) is 0 Å². The lowest BCUT2D eigenvalue weighted by atomic mass is 9.81. The van der Waals surface area contributed by atoms with Gasteiger partial charge in [-0.2, -0.15) is 0 Å². The Balaban J connectivity index is 2.58. The monoisotopic (exact) mass is 220 g/mol. The molecule has 1 aromatic carbocycles. The summed E-state index contributed by atoms with van der Waals surface area (Å²) in [4.78, 5) is 12.0. The number of ketones is 1. The van der Waals surface area contributed by atoms with Crippen molar-refractivity contribution in [3.8, 4) is 5.75 Å². The maximum atomic E-state index is 12.0. The maximum absolute atomic E-state index is 12.0. The van der Waals surface area contributed by atoms with Gasteiger partial charge in [0.15, 0.2) is 5.78 Å². The summed E-state index contributed by atoms with van der Waals surface area (Å²) in [7, 11) is 1.59. The van der Waals surface area contributed by atoms with Crippen LogP contribution in [0.4, 0.5) is 0 Å².